The van der Waals surface area contributed by atoms with Gasteiger partial charge in [0.1, 0.15) is 0 Å². The maximum Gasteiger partial charge on any atom is 0.489 e. The molecule has 1 fully saturated rings. The molecule has 0 atom stereocenters. The summed E-state index contributed by atoms with van der Waals surface area (Å²) in [6, 6.07) is 4.80. The first kappa shape index (κ1) is 12.4. The molecule has 1 aliphatic carbocycles. The van der Waals surface area contributed by atoms with E-state index >= 15 is 0 Å². The molecule has 0 spiro atoms. The van der Waals surface area contributed by atoms with Crippen LogP contribution >= 0.6 is 11.6 Å². The van der Waals surface area contributed by atoms with Gasteiger partial charge in [0.05, 0.1) is 12.5 Å². The molecule has 4 nitrogen and oxygen atoms in total. The lowest BCUT2D eigenvalue weighted by Crippen LogP contribution is -2.31. The van der Waals surface area contributed by atoms with Crippen LogP contribution < -0.4 is 5.46 Å². The number of carbonyl (C=O) groups excluding carboxylic acids is 1. The zero-order valence-electron chi connectivity index (χ0n) is 9.31. The highest BCUT2D eigenvalue weighted by atomic mass is 35.5. The fourth-order valence-corrected chi connectivity index (χ4v) is 2.24. The minimum Gasteiger partial charge on any atom is -0.468 e. The fraction of sp³-hybridized carbons (Fsp3) is 0.364. The molecule has 0 heterocycles. The number of hydrogen-bond acceptors (Lipinski definition) is 4. The second kappa shape index (κ2) is 4.33. The van der Waals surface area contributed by atoms with Gasteiger partial charge in [0.15, 0.2) is 0 Å². The molecule has 0 unspecified atom stereocenters. The lowest BCUT2D eigenvalue weighted by molar-refractivity contribution is -0.143. The summed E-state index contributed by atoms with van der Waals surface area (Å²) in [5.74, 6) is -0.272. The SMILES string of the molecule is COC(=O)C1(c2ccc(B(O)O)c(Cl)c2)CC1. The average Bonchev–Trinajstić information content (AvgIpc) is 3.08. The van der Waals surface area contributed by atoms with Crippen LogP contribution in [0.3, 0.4) is 0 Å². The van der Waals surface area contributed by atoms with Crippen LogP contribution in [0.5, 0.6) is 0 Å². The number of halogens is 1. The summed E-state index contributed by atoms with van der Waals surface area (Å²) in [5, 5.41) is 18.3. The Kier molecular flexibility index (Phi) is 3.16. The van der Waals surface area contributed by atoms with Crippen LogP contribution in [0.2, 0.25) is 5.02 Å². The zero-order valence-corrected chi connectivity index (χ0v) is 10.1. The zero-order chi connectivity index (χ0) is 12.6. The number of benzene rings is 1. The predicted molar refractivity (Wildman–Crippen MR) is 64.2 cm³/mol. The molecule has 0 bridgehead atoms. The van der Waals surface area contributed by atoms with Crippen LogP contribution in [0, 0.1) is 0 Å². The van der Waals surface area contributed by atoms with Crippen molar-refractivity contribution in [2.45, 2.75) is 18.3 Å². The third-order valence-corrected chi connectivity index (χ3v) is 3.48. The molecule has 0 amide bonds. The van der Waals surface area contributed by atoms with Crippen molar-refractivity contribution in [2.24, 2.45) is 0 Å². The third kappa shape index (κ3) is 2.06. The van der Waals surface area contributed by atoms with Crippen molar-refractivity contribution >= 4 is 30.2 Å². The summed E-state index contributed by atoms with van der Waals surface area (Å²) in [4.78, 5) is 11.7. The first-order chi connectivity index (χ1) is 8.01. The predicted octanol–water partition coefficient (Wildman–Crippen LogP) is 0.224. The molecule has 1 aliphatic rings. The van der Waals surface area contributed by atoms with Crippen molar-refractivity contribution in [3.63, 3.8) is 0 Å². The first-order valence-corrected chi connectivity index (χ1v) is 5.63. The molecule has 2 N–H and O–H groups in total. The number of esters is 1. The van der Waals surface area contributed by atoms with Gasteiger partial charge in [-0.2, -0.15) is 0 Å². The van der Waals surface area contributed by atoms with E-state index in [0.717, 1.165) is 18.4 Å². The van der Waals surface area contributed by atoms with Gasteiger partial charge in [-0.1, -0.05) is 23.7 Å². The van der Waals surface area contributed by atoms with Crippen molar-refractivity contribution in [3.05, 3.63) is 28.8 Å². The van der Waals surface area contributed by atoms with E-state index in [1.165, 1.54) is 13.2 Å². The highest BCUT2D eigenvalue weighted by Crippen LogP contribution is 2.49. The van der Waals surface area contributed by atoms with Crippen molar-refractivity contribution < 1.29 is 19.6 Å². The number of hydrogen-bond donors (Lipinski definition) is 2. The molecule has 1 saturated carbocycles. The standard InChI is InChI=1S/C11H12BClO4/c1-17-10(14)11(4-5-11)7-2-3-8(12(15)16)9(13)6-7/h2-3,6,15-16H,4-5H2,1H3. The maximum atomic E-state index is 11.7. The van der Waals surface area contributed by atoms with Crippen molar-refractivity contribution in [3.8, 4) is 0 Å². The number of ether oxygens (including phenoxy) is 1. The van der Waals surface area contributed by atoms with Crippen LogP contribution in [-0.4, -0.2) is 30.2 Å². The summed E-state index contributed by atoms with van der Waals surface area (Å²) in [7, 11) is -0.250. The maximum absolute atomic E-state index is 11.7. The van der Waals surface area contributed by atoms with Crippen LogP contribution in [0.1, 0.15) is 18.4 Å². The van der Waals surface area contributed by atoms with Gasteiger partial charge in [-0.15, -0.1) is 0 Å². The van der Waals surface area contributed by atoms with Crippen molar-refractivity contribution in [1.82, 2.24) is 0 Å². The molecule has 0 radical (unpaired) electrons. The second-order valence-electron chi connectivity index (χ2n) is 4.18. The van der Waals surface area contributed by atoms with Gasteiger partial charge in [0, 0.05) is 10.5 Å². The summed E-state index contributed by atoms with van der Waals surface area (Å²) < 4.78 is 4.77. The largest absolute Gasteiger partial charge is 0.489 e. The fourth-order valence-electron chi connectivity index (χ4n) is 1.97. The highest BCUT2D eigenvalue weighted by molar-refractivity contribution is 6.62. The van der Waals surface area contributed by atoms with E-state index in [-0.39, 0.29) is 16.5 Å². The topological polar surface area (TPSA) is 66.8 Å². The molecule has 1 aromatic rings. The molecule has 1 aromatic carbocycles. The third-order valence-electron chi connectivity index (χ3n) is 3.16. The Morgan fingerprint density at radius 1 is 1.47 bits per heavy atom. The minimum absolute atomic E-state index is 0.232. The summed E-state index contributed by atoms with van der Waals surface area (Å²) in [6.45, 7) is 0. The van der Waals surface area contributed by atoms with E-state index in [1.54, 1.807) is 12.1 Å². The Labute approximate surface area is 104 Å². The molecule has 0 aromatic heterocycles. The van der Waals surface area contributed by atoms with Gasteiger partial charge in [-0.3, -0.25) is 4.79 Å². The molecule has 90 valence electrons. The van der Waals surface area contributed by atoms with Crippen molar-refractivity contribution in [2.75, 3.05) is 7.11 Å². The molecule has 17 heavy (non-hydrogen) atoms. The molecule has 2 rings (SSSR count). The first-order valence-electron chi connectivity index (χ1n) is 5.26. The van der Waals surface area contributed by atoms with Gasteiger partial charge in [0.2, 0.25) is 0 Å². The molecular weight excluding hydrogens is 242 g/mol. The molecule has 6 heteroatoms. The summed E-state index contributed by atoms with van der Waals surface area (Å²) in [5.41, 5.74) is 0.409. The Bertz CT molecular complexity index is 457. The molecular formula is C11H12BClO4. The molecule has 0 aliphatic heterocycles. The monoisotopic (exact) mass is 254 g/mol. The minimum atomic E-state index is -1.61. The van der Waals surface area contributed by atoms with Crippen LogP contribution in [-0.2, 0) is 14.9 Å². The van der Waals surface area contributed by atoms with Gasteiger partial charge >= 0.3 is 13.1 Å². The summed E-state index contributed by atoms with van der Waals surface area (Å²) >= 11 is 5.93. The second-order valence-corrected chi connectivity index (χ2v) is 4.59. The Morgan fingerprint density at radius 2 is 2.12 bits per heavy atom. The van der Waals surface area contributed by atoms with Gasteiger partial charge in [-0.05, 0) is 24.5 Å². The van der Waals surface area contributed by atoms with E-state index < -0.39 is 12.5 Å². The van der Waals surface area contributed by atoms with E-state index in [9.17, 15) is 4.79 Å². The average molecular weight is 254 g/mol. The summed E-state index contributed by atoms with van der Waals surface area (Å²) in [6.07, 6.45) is 1.47. The van der Waals surface area contributed by atoms with E-state index in [1.807, 2.05) is 0 Å². The Hall–Kier alpha value is -1.04. The van der Waals surface area contributed by atoms with Crippen molar-refractivity contribution in [1.29, 1.82) is 0 Å². The van der Waals surface area contributed by atoms with Gasteiger partial charge < -0.3 is 14.8 Å². The highest BCUT2D eigenvalue weighted by Gasteiger charge is 2.52. The van der Waals surface area contributed by atoms with E-state index in [4.69, 9.17) is 26.4 Å². The quantitative estimate of drug-likeness (QED) is 0.598. The van der Waals surface area contributed by atoms with Crippen LogP contribution in [0.4, 0.5) is 0 Å². The van der Waals surface area contributed by atoms with E-state index in [2.05, 4.69) is 0 Å². The Balaban J connectivity index is 2.36. The smallest absolute Gasteiger partial charge is 0.468 e. The van der Waals surface area contributed by atoms with Crippen LogP contribution in [0.15, 0.2) is 18.2 Å². The molecule has 0 saturated heterocycles. The van der Waals surface area contributed by atoms with Gasteiger partial charge in [0.25, 0.3) is 0 Å². The Morgan fingerprint density at radius 3 is 2.53 bits per heavy atom. The number of rotatable bonds is 3. The van der Waals surface area contributed by atoms with Crippen LogP contribution in [0.25, 0.3) is 0 Å². The number of carbonyl (C=O) groups is 1. The van der Waals surface area contributed by atoms with E-state index in [0.29, 0.717) is 0 Å². The lowest BCUT2D eigenvalue weighted by atomic mass is 9.79. The lowest BCUT2D eigenvalue weighted by Gasteiger charge is -2.14. The number of methoxy groups -OCH3 is 1. The normalized spacial score (nSPS) is 16.5. The van der Waals surface area contributed by atoms with Gasteiger partial charge in [-0.25, -0.2) is 0 Å².